The third-order valence-electron chi connectivity index (χ3n) is 2.77. The Morgan fingerprint density at radius 1 is 1.15 bits per heavy atom. The summed E-state index contributed by atoms with van der Waals surface area (Å²) >= 11 is 5.85. The molecular weight excluding hydrogens is 276 g/mol. The topological polar surface area (TPSA) is 72.2 Å². The number of nitrogens with two attached hydrogens (primary N) is 1. The van der Waals surface area contributed by atoms with E-state index in [0.29, 0.717) is 11.3 Å². The molecule has 0 aliphatic rings. The number of carbonyl (C=O) groups excluding carboxylic acids is 2. The van der Waals surface area contributed by atoms with Crippen molar-refractivity contribution in [1.82, 2.24) is 0 Å². The highest BCUT2D eigenvalue weighted by molar-refractivity contribution is 6.34. The Bertz CT molecular complexity index is 683. The molecule has 0 aliphatic heterocycles. The Morgan fingerprint density at radius 3 is 2.55 bits per heavy atom. The molecule has 2 amide bonds. The van der Waals surface area contributed by atoms with Gasteiger partial charge in [-0.05, 0) is 37.3 Å². The maximum absolute atomic E-state index is 12.1. The van der Waals surface area contributed by atoms with Gasteiger partial charge in [-0.2, -0.15) is 0 Å². The lowest BCUT2D eigenvalue weighted by Crippen LogP contribution is -2.15. The molecule has 2 rings (SSSR count). The number of primary amides is 1. The van der Waals surface area contributed by atoms with Crippen LogP contribution in [0.2, 0.25) is 5.02 Å². The number of hydrogen-bond donors (Lipinski definition) is 2. The first-order valence-electron chi connectivity index (χ1n) is 5.95. The van der Waals surface area contributed by atoms with Crippen LogP contribution in [0.1, 0.15) is 26.3 Å². The first kappa shape index (κ1) is 14.1. The van der Waals surface area contributed by atoms with Gasteiger partial charge in [-0.3, -0.25) is 9.59 Å². The monoisotopic (exact) mass is 288 g/mol. The number of rotatable bonds is 3. The van der Waals surface area contributed by atoms with Crippen molar-refractivity contribution in [2.45, 2.75) is 6.92 Å². The summed E-state index contributed by atoms with van der Waals surface area (Å²) in [4.78, 5) is 23.3. The molecule has 20 heavy (non-hydrogen) atoms. The molecule has 3 N–H and O–H groups in total. The summed E-state index contributed by atoms with van der Waals surface area (Å²) in [5.41, 5.74) is 7.39. The van der Waals surface area contributed by atoms with Crippen LogP contribution in [0.4, 0.5) is 5.69 Å². The van der Waals surface area contributed by atoms with Gasteiger partial charge in [0.25, 0.3) is 5.91 Å². The van der Waals surface area contributed by atoms with Gasteiger partial charge in [0, 0.05) is 11.3 Å². The van der Waals surface area contributed by atoms with Crippen molar-refractivity contribution in [3.63, 3.8) is 0 Å². The first-order valence-corrected chi connectivity index (χ1v) is 6.32. The summed E-state index contributed by atoms with van der Waals surface area (Å²) in [6.45, 7) is 1.91. The van der Waals surface area contributed by atoms with E-state index in [9.17, 15) is 9.59 Å². The molecule has 0 aliphatic carbocycles. The van der Waals surface area contributed by atoms with Crippen LogP contribution in [0.5, 0.6) is 0 Å². The molecule has 5 heteroatoms. The Morgan fingerprint density at radius 2 is 1.90 bits per heavy atom. The fraction of sp³-hybridized carbons (Fsp3) is 0.0667. The van der Waals surface area contributed by atoms with Crippen molar-refractivity contribution in [3.05, 3.63) is 64.2 Å². The molecule has 0 spiro atoms. The first-order chi connectivity index (χ1) is 9.47. The Kier molecular flexibility index (Phi) is 4.05. The van der Waals surface area contributed by atoms with Crippen LogP contribution in [0.3, 0.4) is 0 Å². The molecule has 0 saturated heterocycles. The van der Waals surface area contributed by atoms with Crippen LogP contribution in [-0.2, 0) is 0 Å². The zero-order valence-corrected chi connectivity index (χ0v) is 11.6. The van der Waals surface area contributed by atoms with E-state index in [-0.39, 0.29) is 16.5 Å². The molecule has 102 valence electrons. The van der Waals surface area contributed by atoms with E-state index in [0.717, 1.165) is 5.56 Å². The summed E-state index contributed by atoms with van der Waals surface area (Å²) in [5, 5.41) is 2.96. The fourth-order valence-corrected chi connectivity index (χ4v) is 1.99. The van der Waals surface area contributed by atoms with Crippen molar-refractivity contribution in [1.29, 1.82) is 0 Å². The van der Waals surface area contributed by atoms with Crippen LogP contribution in [-0.4, -0.2) is 11.8 Å². The van der Waals surface area contributed by atoms with Crippen molar-refractivity contribution in [3.8, 4) is 0 Å². The minimum atomic E-state index is -0.637. The van der Waals surface area contributed by atoms with E-state index < -0.39 is 5.91 Å². The second-order valence-corrected chi connectivity index (χ2v) is 4.79. The highest BCUT2D eigenvalue weighted by Crippen LogP contribution is 2.20. The maximum atomic E-state index is 12.1. The second-order valence-electron chi connectivity index (χ2n) is 4.38. The lowest BCUT2D eigenvalue weighted by atomic mass is 10.1. The SMILES string of the molecule is Cc1cccc(C(=O)Nc2ccc(Cl)c(C(N)=O)c2)c1. The zero-order chi connectivity index (χ0) is 14.7. The molecular formula is C15H13ClN2O2. The standard InChI is InChI=1S/C15H13ClN2O2/c1-9-3-2-4-10(7-9)15(20)18-11-5-6-13(16)12(8-11)14(17)19/h2-8H,1H3,(H2,17,19)(H,18,20). The van der Waals surface area contributed by atoms with E-state index >= 15 is 0 Å². The number of halogens is 1. The summed E-state index contributed by atoms with van der Waals surface area (Å²) in [5.74, 6) is -0.895. The lowest BCUT2D eigenvalue weighted by molar-refractivity contribution is 0.0996. The van der Waals surface area contributed by atoms with Crippen LogP contribution >= 0.6 is 11.6 Å². The van der Waals surface area contributed by atoms with Gasteiger partial charge in [0.2, 0.25) is 5.91 Å². The maximum Gasteiger partial charge on any atom is 0.255 e. The number of hydrogen-bond acceptors (Lipinski definition) is 2. The van der Waals surface area contributed by atoms with Gasteiger partial charge in [-0.25, -0.2) is 0 Å². The number of nitrogens with one attached hydrogen (secondary N) is 1. The van der Waals surface area contributed by atoms with Crippen molar-refractivity contribution in [2.75, 3.05) is 5.32 Å². The van der Waals surface area contributed by atoms with Gasteiger partial charge in [-0.15, -0.1) is 0 Å². The molecule has 4 nitrogen and oxygen atoms in total. The molecule has 2 aromatic rings. The summed E-state index contributed by atoms with van der Waals surface area (Å²) in [7, 11) is 0. The predicted molar refractivity (Wildman–Crippen MR) is 79.1 cm³/mol. The van der Waals surface area contributed by atoms with Gasteiger partial charge in [-0.1, -0.05) is 29.3 Å². The fourth-order valence-electron chi connectivity index (χ4n) is 1.78. The van der Waals surface area contributed by atoms with Crippen LogP contribution in [0, 0.1) is 6.92 Å². The highest BCUT2D eigenvalue weighted by atomic mass is 35.5. The van der Waals surface area contributed by atoms with Gasteiger partial charge in [0.15, 0.2) is 0 Å². The number of aryl methyl sites for hydroxylation is 1. The van der Waals surface area contributed by atoms with Gasteiger partial charge in [0.1, 0.15) is 0 Å². The van der Waals surface area contributed by atoms with Gasteiger partial charge < -0.3 is 11.1 Å². The normalized spacial score (nSPS) is 10.1. The predicted octanol–water partition coefficient (Wildman–Crippen LogP) is 3.00. The Balaban J connectivity index is 2.24. The van der Waals surface area contributed by atoms with Crippen molar-refractivity contribution < 1.29 is 9.59 Å². The van der Waals surface area contributed by atoms with E-state index in [2.05, 4.69) is 5.32 Å². The van der Waals surface area contributed by atoms with Gasteiger partial charge in [0.05, 0.1) is 10.6 Å². The molecule has 0 saturated carbocycles. The highest BCUT2D eigenvalue weighted by Gasteiger charge is 2.10. The molecule has 0 aromatic heterocycles. The number of benzene rings is 2. The quantitative estimate of drug-likeness (QED) is 0.911. The average molecular weight is 289 g/mol. The van der Waals surface area contributed by atoms with Crippen molar-refractivity contribution >= 4 is 29.1 Å². The molecule has 2 aromatic carbocycles. The Labute approximate surface area is 121 Å². The smallest absolute Gasteiger partial charge is 0.255 e. The van der Waals surface area contributed by atoms with E-state index in [1.807, 2.05) is 13.0 Å². The molecule has 0 radical (unpaired) electrons. The second kappa shape index (κ2) is 5.75. The van der Waals surface area contributed by atoms with Gasteiger partial charge >= 0.3 is 0 Å². The molecule has 0 unspecified atom stereocenters. The average Bonchev–Trinajstić information content (AvgIpc) is 2.40. The zero-order valence-electron chi connectivity index (χ0n) is 10.8. The largest absolute Gasteiger partial charge is 0.366 e. The summed E-state index contributed by atoms with van der Waals surface area (Å²) < 4.78 is 0. The summed E-state index contributed by atoms with van der Waals surface area (Å²) in [6.07, 6.45) is 0. The van der Waals surface area contributed by atoms with E-state index in [1.54, 1.807) is 24.3 Å². The van der Waals surface area contributed by atoms with Crippen LogP contribution < -0.4 is 11.1 Å². The summed E-state index contributed by atoms with van der Waals surface area (Å²) in [6, 6.07) is 11.8. The molecule has 0 fully saturated rings. The minimum Gasteiger partial charge on any atom is -0.366 e. The minimum absolute atomic E-state index is 0.175. The molecule has 0 atom stereocenters. The van der Waals surface area contributed by atoms with Crippen LogP contribution in [0.25, 0.3) is 0 Å². The van der Waals surface area contributed by atoms with Crippen molar-refractivity contribution in [2.24, 2.45) is 5.73 Å². The van der Waals surface area contributed by atoms with E-state index in [4.69, 9.17) is 17.3 Å². The Hall–Kier alpha value is -2.33. The number of carbonyl (C=O) groups is 2. The molecule has 0 bridgehead atoms. The lowest BCUT2D eigenvalue weighted by Gasteiger charge is -2.08. The molecule has 0 heterocycles. The van der Waals surface area contributed by atoms with Crippen LogP contribution in [0.15, 0.2) is 42.5 Å². The third-order valence-corrected chi connectivity index (χ3v) is 3.10. The third kappa shape index (κ3) is 3.16. The number of amides is 2. The van der Waals surface area contributed by atoms with E-state index in [1.165, 1.54) is 12.1 Å². The number of anilines is 1.